The van der Waals surface area contributed by atoms with E-state index in [1.165, 1.54) is 31.3 Å². The highest BCUT2D eigenvalue weighted by molar-refractivity contribution is 5.98. The van der Waals surface area contributed by atoms with Crippen LogP contribution in [0.25, 0.3) is 22.4 Å². The first-order valence-electron chi connectivity index (χ1n) is 8.49. The van der Waals surface area contributed by atoms with E-state index in [2.05, 4.69) is 15.2 Å². The van der Waals surface area contributed by atoms with E-state index in [0.29, 0.717) is 5.69 Å². The van der Waals surface area contributed by atoms with Crippen LogP contribution in [0.3, 0.4) is 0 Å². The zero-order valence-corrected chi connectivity index (χ0v) is 15.3. The van der Waals surface area contributed by atoms with Crippen LogP contribution in [0.2, 0.25) is 0 Å². The molecule has 0 fully saturated rings. The van der Waals surface area contributed by atoms with E-state index in [9.17, 15) is 23.1 Å². The van der Waals surface area contributed by atoms with Crippen LogP contribution in [-0.4, -0.2) is 31.0 Å². The molecule has 0 saturated heterocycles. The van der Waals surface area contributed by atoms with Gasteiger partial charge in [0, 0.05) is 29.9 Å². The first-order valence-corrected chi connectivity index (χ1v) is 8.49. The SMILES string of the molecule is Cc1[nH]c2c(=O)n(C)cc(C(O)(c3ccccc3)C(F)(F)F)c2c1-c1nnco1. The second-order valence-corrected chi connectivity index (χ2v) is 6.65. The molecule has 0 bridgehead atoms. The highest BCUT2D eigenvalue weighted by Crippen LogP contribution is 2.47. The lowest BCUT2D eigenvalue weighted by Gasteiger charge is -2.32. The Balaban J connectivity index is 2.21. The summed E-state index contributed by atoms with van der Waals surface area (Å²) in [5, 5.41) is 18.3. The molecule has 4 aromatic rings. The minimum Gasteiger partial charge on any atom is -0.423 e. The Morgan fingerprint density at radius 3 is 2.48 bits per heavy atom. The van der Waals surface area contributed by atoms with Crippen LogP contribution >= 0.6 is 0 Å². The summed E-state index contributed by atoms with van der Waals surface area (Å²) in [4.78, 5) is 15.4. The van der Waals surface area contributed by atoms with Crippen molar-refractivity contribution in [1.29, 1.82) is 0 Å². The minimum absolute atomic E-state index is 0.0687. The lowest BCUT2D eigenvalue weighted by atomic mass is 9.83. The third-order valence-electron chi connectivity index (χ3n) is 4.88. The Kier molecular flexibility index (Phi) is 4.12. The van der Waals surface area contributed by atoms with Gasteiger partial charge in [0.25, 0.3) is 5.56 Å². The molecule has 1 atom stereocenters. The smallest absolute Gasteiger partial charge is 0.423 e. The monoisotopic (exact) mass is 404 g/mol. The van der Waals surface area contributed by atoms with Gasteiger partial charge in [-0.05, 0) is 12.5 Å². The van der Waals surface area contributed by atoms with Crippen LogP contribution in [0.1, 0.15) is 16.8 Å². The Hall–Kier alpha value is -3.40. The Labute approximate surface area is 161 Å². The molecule has 3 heterocycles. The number of hydrogen-bond acceptors (Lipinski definition) is 5. The Bertz CT molecular complexity index is 1240. The maximum Gasteiger partial charge on any atom is 0.425 e. The predicted molar refractivity (Wildman–Crippen MR) is 97.1 cm³/mol. The number of nitrogens with one attached hydrogen (secondary N) is 1. The normalized spacial score (nSPS) is 14.3. The first-order chi connectivity index (χ1) is 13.7. The summed E-state index contributed by atoms with van der Waals surface area (Å²) in [5.41, 5.74) is -4.48. The fourth-order valence-electron chi connectivity index (χ4n) is 3.52. The van der Waals surface area contributed by atoms with Crippen molar-refractivity contribution in [3.05, 3.63) is 70.1 Å². The second-order valence-electron chi connectivity index (χ2n) is 6.65. The van der Waals surface area contributed by atoms with Crippen molar-refractivity contribution in [2.24, 2.45) is 7.05 Å². The molecule has 0 saturated carbocycles. The summed E-state index contributed by atoms with van der Waals surface area (Å²) in [6, 6.07) is 6.69. The lowest BCUT2D eigenvalue weighted by molar-refractivity contribution is -0.248. The molecule has 29 heavy (non-hydrogen) atoms. The molecule has 0 aliphatic heterocycles. The van der Waals surface area contributed by atoms with Crippen molar-refractivity contribution in [3.63, 3.8) is 0 Å². The number of aryl methyl sites for hydroxylation is 2. The average Bonchev–Trinajstić information content (AvgIpc) is 3.31. The molecule has 2 N–H and O–H groups in total. The van der Waals surface area contributed by atoms with E-state index in [4.69, 9.17) is 4.42 Å². The zero-order valence-electron chi connectivity index (χ0n) is 15.3. The number of aromatic nitrogens is 4. The highest BCUT2D eigenvalue weighted by Gasteiger charge is 2.57. The molecule has 7 nitrogen and oxygen atoms in total. The second kappa shape index (κ2) is 6.31. The molecule has 0 aliphatic carbocycles. The van der Waals surface area contributed by atoms with Crippen molar-refractivity contribution in [3.8, 4) is 11.5 Å². The van der Waals surface area contributed by atoms with Gasteiger partial charge < -0.3 is 19.1 Å². The van der Waals surface area contributed by atoms with Crippen LogP contribution in [0.4, 0.5) is 13.2 Å². The van der Waals surface area contributed by atoms with Gasteiger partial charge >= 0.3 is 6.18 Å². The summed E-state index contributed by atoms with van der Waals surface area (Å²) in [5.74, 6) is -0.0687. The molecule has 3 aromatic heterocycles. The molecular formula is C19H15F3N4O3. The quantitative estimate of drug-likeness (QED) is 0.547. The summed E-state index contributed by atoms with van der Waals surface area (Å²) in [6.07, 6.45) is -3.07. The molecule has 0 spiro atoms. The van der Waals surface area contributed by atoms with Crippen molar-refractivity contribution < 1.29 is 22.7 Å². The van der Waals surface area contributed by atoms with Gasteiger partial charge in [-0.15, -0.1) is 10.2 Å². The summed E-state index contributed by atoms with van der Waals surface area (Å²) < 4.78 is 49.1. The van der Waals surface area contributed by atoms with Gasteiger partial charge in [-0.2, -0.15) is 13.2 Å². The largest absolute Gasteiger partial charge is 0.425 e. The number of benzene rings is 1. The van der Waals surface area contributed by atoms with Gasteiger partial charge in [0.05, 0.1) is 5.56 Å². The van der Waals surface area contributed by atoms with Crippen molar-refractivity contribution in [1.82, 2.24) is 19.7 Å². The third kappa shape index (κ3) is 2.67. The number of halogens is 3. The van der Waals surface area contributed by atoms with E-state index < -0.39 is 22.9 Å². The Morgan fingerprint density at radius 2 is 1.90 bits per heavy atom. The molecular weight excluding hydrogens is 389 g/mol. The highest BCUT2D eigenvalue weighted by atomic mass is 19.4. The number of aliphatic hydroxyl groups is 1. The van der Waals surface area contributed by atoms with Crippen LogP contribution in [0.5, 0.6) is 0 Å². The predicted octanol–water partition coefficient (Wildman–Crippen LogP) is 3.02. The maximum atomic E-state index is 14.3. The number of aromatic amines is 1. The minimum atomic E-state index is -5.09. The molecule has 0 amide bonds. The van der Waals surface area contributed by atoms with Crippen LogP contribution in [0, 0.1) is 6.92 Å². The number of H-pyrrole nitrogens is 1. The number of rotatable bonds is 3. The summed E-state index contributed by atoms with van der Waals surface area (Å²) >= 11 is 0. The van der Waals surface area contributed by atoms with Gasteiger partial charge in [-0.25, -0.2) is 0 Å². The lowest BCUT2D eigenvalue weighted by Crippen LogP contribution is -2.44. The van der Waals surface area contributed by atoms with Crippen molar-refractivity contribution >= 4 is 10.9 Å². The number of alkyl halides is 3. The summed E-state index contributed by atoms with van der Waals surface area (Å²) in [6.45, 7) is 1.57. The van der Waals surface area contributed by atoms with Crippen molar-refractivity contribution in [2.75, 3.05) is 0 Å². The molecule has 0 aliphatic rings. The standard InChI is InChI=1S/C19H15F3N4O3/c1-10-13(16-25-23-9-29-16)14-12(8-26(2)17(27)15(14)24-10)18(28,19(20,21)22)11-6-4-3-5-7-11/h3-9,24,28H,1-2H3. The molecule has 10 heteroatoms. The van der Waals surface area contributed by atoms with E-state index in [1.54, 1.807) is 13.0 Å². The third-order valence-corrected chi connectivity index (χ3v) is 4.88. The molecule has 150 valence electrons. The number of fused-ring (bicyclic) bond motifs is 1. The van der Waals surface area contributed by atoms with Gasteiger partial charge in [-0.3, -0.25) is 4.79 Å². The molecule has 4 rings (SSSR count). The van der Waals surface area contributed by atoms with Gasteiger partial charge in [0.2, 0.25) is 17.9 Å². The summed E-state index contributed by atoms with van der Waals surface area (Å²) in [7, 11) is 1.32. The Morgan fingerprint density at radius 1 is 1.21 bits per heavy atom. The zero-order chi connectivity index (χ0) is 21.0. The number of nitrogens with zero attached hydrogens (tertiary/aromatic N) is 3. The van der Waals surface area contributed by atoms with Gasteiger partial charge in [-0.1, -0.05) is 30.3 Å². The van der Waals surface area contributed by atoms with E-state index in [1.807, 2.05) is 0 Å². The first kappa shape index (κ1) is 18.9. The van der Waals surface area contributed by atoms with Gasteiger partial charge in [0.1, 0.15) is 5.52 Å². The average molecular weight is 404 g/mol. The van der Waals surface area contributed by atoms with Gasteiger partial charge in [0.15, 0.2) is 0 Å². The topological polar surface area (TPSA) is 96.9 Å². The van der Waals surface area contributed by atoms with Crippen LogP contribution < -0.4 is 5.56 Å². The molecule has 1 unspecified atom stereocenters. The van der Waals surface area contributed by atoms with Crippen LogP contribution in [-0.2, 0) is 12.6 Å². The van der Waals surface area contributed by atoms with E-state index >= 15 is 0 Å². The fraction of sp³-hybridized carbons (Fsp3) is 0.211. The molecule has 0 radical (unpaired) electrons. The fourth-order valence-corrected chi connectivity index (χ4v) is 3.52. The molecule has 1 aromatic carbocycles. The number of pyridine rings is 1. The van der Waals surface area contributed by atoms with E-state index in [0.717, 1.165) is 17.2 Å². The van der Waals surface area contributed by atoms with Crippen LogP contribution in [0.15, 0.2) is 52.1 Å². The van der Waals surface area contributed by atoms with E-state index in [-0.39, 0.29) is 27.9 Å². The van der Waals surface area contributed by atoms with Crippen molar-refractivity contribution in [2.45, 2.75) is 18.7 Å². The maximum absolute atomic E-state index is 14.3. The number of hydrogen-bond donors (Lipinski definition) is 2.